The number of nitrogens with one attached hydrogen (secondary N) is 1. The number of rotatable bonds is 16. The Kier molecular flexibility index (Phi) is 16.0. The molecule has 0 saturated carbocycles. The molecule has 5 atom stereocenters. The minimum absolute atomic E-state index is 0.00566. The summed E-state index contributed by atoms with van der Waals surface area (Å²) < 4.78 is 53.9. The zero-order chi connectivity index (χ0) is 52.7. The molecule has 0 unspecified atom stereocenters. The van der Waals surface area contributed by atoms with Crippen LogP contribution in [0.3, 0.4) is 0 Å². The number of β-amino-alcohol motifs (C(OH)–C–C–N with tert-alkyl or cyclic N) is 1. The third-order valence-electron chi connectivity index (χ3n) is 16.7. The molecule has 3 fully saturated rings. The first kappa shape index (κ1) is 53.9. The number of Topliss-reactive ketones (excluding diaryl/α,β-unsaturated/α-hetero) is 1. The fourth-order valence-corrected chi connectivity index (χ4v) is 13.3. The highest BCUT2D eigenvalue weighted by Gasteiger charge is 2.46. The van der Waals surface area contributed by atoms with E-state index in [1.807, 2.05) is 81.4 Å². The van der Waals surface area contributed by atoms with Gasteiger partial charge in [0.25, 0.3) is 0 Å². The molecule has 4 aromatic rings. The summed E-state index contributed by atoms with van der Waals surface area (Å²) in [5, 5.41) is 13.7. The molecule has 9 rings (SSSR count). The Morgan fingerprint density at radius 2 is 1.61 bits per heavy atom. The molecule has 1 spiro atoms. The van der Waals surface area contributed by atoms with Crippen molar-refractivity contribution in [3.05, 3.63) is 111 Å². The number of thiazole rings is 1. The Balaban J connectivity index is 0.734. The number of likely N-dealkylation sites (tertiary alicyclic amines) is 3. The van der Waals surface area contributed by atoms with Crippen LogP contribution in [-0.4, -0.2) is 130 Å². The molecule has 0 bridgehead atoms. The summed E-state index contributed by atoms with van der Waals surface area (Å²) in [6.45, 7) is 17.7. The van der Waals surface area contributed by atoms with E-state index in [1.54, 1.807) is 11.3 Å². The van der Waals surface area contributed by atoms with Crippen molar-refractivity contribution in [2.45, 2.75) is 136 Å². The molecule has 3 saturated heterocycles. The van der Waals surface area contributed by atoms with E-state index in [0.29, 0.717) is 19.4 Å². The van der Waals surface area contributed by atoms with Gasteiger partial charge in [-0.3, -0.25) is 29.1 Å². The Bertz CT molecular complexity index is 2690. The number of benzene rings is 3. The van der Waals surface area contributed by atoms with Gasteiger partial charge in [0.2, 0.25) is 11.8 Å². The number of alkyl halides is 1. The number of aryl methyl sites for hydroxylation is 1. The molecule has 2 amide bonds. The molecule has 3 aromatic carbocycles. The standard InChI is InChI=1S/C59H75F3N6O5S/c1-37-26-46-45-11-9-8-10-41(45)27-47(46)53(68(37)35-58(6,7)62)52-49(60)30-44(31-50(52)61)73-25-24-65-20-16-59(17-21-65)18-22-66(23-19-59)33-42(69)28-48(57(3,4)5)56(72)67-34-43(70)29-51(67)55(71)63-32-39-12-14-40(15-13-39)54-38(2)64-36-74-54/h8-15,30-31,36-37,43,48,51,53,70H,16-29,32-35H2,1-7H3,(H,63,71)/t37-,43-,48-,51+,53+/m1/s1. The summed E-state index contributed by atoms with van der Waals surface area (Å²) in [6, 6.07) is 17.0. The van der Waals surface area contributed by atoms with Crippen LogP contribution in [0.25, 0.3) is 16.0 Å². The number of carbonyl (C=O) groups excluding carboxylic acids is 3. The van der Waals surface area contributed by atoms with E-state index in [-0.39, 0.29) is 86.0 Å². The lowest BCUT2D eigenvalue weighted by Crippen LogP contribution is -2.51. The van der Waals surface area contributed by atoms with Gasteiger partial charge in [-0.15, -0.1) is 11.3 Å². The Morgan fingerprint density at radius 3 is 2.24 bits per heavy atom. The van der Waals surface area contributed by atoms with E-state index in [1.165, 1.54) is 30.9 Å². The highest BCUT2D eigenvalue weighted by Crippen LogP contribution is 2.50. The number of hydrogen-bond acceptors (Lipinski definition) is 10. The number of nitrogens with zero attached hydrogens (tertiary/aromatic N) is 5. The van der Waals surface area contributed by atoms with Crippen molar-refractivity contribution in [1.29, 1.82) is 0 Å². The SMILES string of the molecule is Cc1ncsc1-c1ccc(CNC(=O)[C@@H]2C[C@@H](O)CN2C(=O)[C@@H](CC(=O)CN2CCC3(CCN(CCOc4cc(F)c([C@@H]5C6=C(C[C@@H](C)N5CC(C)(C)F)c5ccccc5C6)c(F)c4)CC3)CC2)C(C)(C)C)cc1. The van der Waals surface area contributed by atoms with E-state index in [0.717, 1.165) is 95.8 Å². The number of aromatic nitrogens is 1. The van der Waals surface area contributed by atoms with Gasteiger partial charge in [0.05, 0.1) is 34.8 Å². The van der Waals surface area contributed by atoms with E-state index < -0.39 is 46.8 Å². The van der Waals surface area contributed by atoms with Crippen LogP contribution < -0.4 is 10.1 Å². The van der Waals surface area contributed by atoms with Crippen LogP contribution >= 0.6 is 11.3 Å². The molecule has 74 heavy (non-hydrogen) atoms. The Hall–Kier alpha value is -4.93. The summed E-state index contributed by atoms with van der Waals surface area (Å²) in [4.78, 5) is 55.1. The number of aliphatic hydroxyl groups excluding tert-OH is 1. The summed E-state index contributed by atoms with van der Waals surface area (Å²) >= 11 is 1.58. The van der Waals surface area contributed by atoms with Gasteiger partial charge in [-0.2, -0.15) is 0 Å². The first-order valence-corrected chi connectivity index (χ1v) is 27.6. The number of aliphatic hydroxyl groups is 1. The molecule has 398 valence electrons. The van der Waals surface area contributed by atoms with Crippen LogP contribution in [0.2, 0.25) is 0 Å². The van der Waals surface area contributed by atoms with Gasteiger partial charge in [0, 0.05) is 68.7 Å². The van der Waals surface area contributed by atoms with E-state index in [9.17, 15) is 19.5 Å². The predicted octanol–water partition coefficient (Wildman–Crippen LogP) is 9.75. The summed E-state index contributed by atoms with van der Waals surface area (Å²) in [7, 11) is 0. The lowest BCUT2D eigenvalue weighted by atomic mass is 9.71. The molecule has 5 heterocycles. The summed E-state index contributed by atoms with van der Waals surface area (Å²) in [5.41, 5.74) is 7.08. The average molecular weight is 1040 g/mol. The molecule has 15 heteroatoms. The van der Waals surface area contributed by atoms with Crippen LogP contribution in [0.15, 0.2) is 71.7 Å². The highest BCUT2D eigenvalue weighted by atomic mass is 32.1. The van der Waals surface area contributed by atoms with Gasteiger partial charge in [-0.25, -0.2) is 18.2 Å². The first-order chi connectivity index (χ1) is 35.1. The number of amides is 2. The number of hydrogen-bond donors (Lipinski definition) is 2. The monoisotopic (exact) mass is 1040 g/mol. The van der Waals surface area contributed by atoms with Crippen molar-refractivity contribution in [2.24, 2.45) is 16.7 Å². The third kappa shape index (κ3) is 12.0. The fourth-order valence-electron chi connectivity index (χ4n) is 12.5. The van der Waals surface area contributed by atoms with Crippen molar-refractivity contribution in [3.63, 3.8) is 0 Å². The number of piperidine rings is 2. The number of fused-ring (bicyclic) bond motifs is 2. The summed E-state index contributed by atoms with van der Waals surface area (Å²) in [5.74, 6) is -2.49. The number of carbonyl (C=O) groups is 3. The molecule has 11 nitrogen and oxygen atoms in total. The average Bonchev–Trinajstić information content (AvgIpc) is 4.07. The van der Waals surface area contributed by atoms with Gasteiger partial charge < -0.3 is 20.1 Å². The van der Waals surface area contributed by atoms with Crippen molar-refractivity contribution in [1.82, 2.24) is 29.9 Å². The van der Waals surface area contributed by atoms with Crippen molar-refractivity contribution < 1.29 is 37.4 Å². The number of halogens is 3. The quantitative estimate of drug-likeness (QED) is 0.113. The van der Waals surface area contributed by atoms with Crippen molar-refractivity contribution in [2.75, 3.05) is 59.0 Å². The van der Waals surface area contributed by atoms with Gasteiger partial charge in [0.15, 0.2) is 0 Å². The maximum absolute atomic E-state index is 16.3. The van der Waals surface area contributed by atoms with Crippen LogP contribution in [0, 0.1) is 35.3 Å². The van der Waals surface area contributed by atoms with Crippen LogP contribution in [-0.2, 0) is 27.3 Å². The van der Waals surface area contributed by atoms with Crippen LogP contribution in [0.4, 0.5) is 13.2 Å². The number of ether oxygens (including phenoxy) is 1. The molecule has 5 aliphatic rings. The maximum Gasteiger partial charge on any atom is 0.243 e. The Labute approximate surface area is 439 Å². The van der Waals surface area contributed by atoms with Crippen molar-refractivity contribution >= 4 is 34.5 Å². The minimum atomic E-state index is -1.56. The smallest absolute Gasteiger partial charge is 0.243 e. The molecule has 1 aromatic heterocycles. The normalized spacial score (nSPS) is 23.0. The fraction of sp³-hybridized carbons (Fsp3) is 0.559. The zero-order valence-corrected chi connectivity index (χ0v) is 45.1. The van der Waals surface area contributed by atoms with Crippen LogP contribution in [0.5, 0.6) is 5.75 Å². The first-order valence-electron chi connectivity index (χ1n) is 26.7. The maximum atomic E-state index is 16.3. The number of ketones is 1. The largest absolute Gasteiger partial charge is 0.492 e. The topological polar surface area (TPSA) is 119 Å². The van der Waals surface area contributed by atoms with Crippen molar-refractivity contribution in [3.8, 4) is 16.2 Å². The lowest BCUT2D eigenvalue weighted by Gasteiger charge is -2.47. The molecular formula is C59H75F3N6O5S. The molecule has 2 N–H and O–H groups in total. The molecule has 0 radical (unpaired) electrons. The van der Waals surface area contributed by atoms with Gasteiger partial charge >= 0.3 is 0 Å². The van der Waals surface area contributed by atoms with Gasteiger partial charge in [-0.1, -0.05) is 69.3 Å². The summed E-state index contributed by atoms with van der Waals surface area (Å²) in [6.07, 6.45) is 4.60. The molecule has 1 aliphatic carbocycles. The predicted molar refractivity (Wildman–Crippen MR) is 284 cm³/mol. The molecule has 4 aliphatic heterocycles. The van der Waals surface area contributed by atoms with E-state index in [4.69, 9.17) is 4.74 Å². The second kappa shape index (κ2) is 22.0. The van der Waals surface area contributed by atoms with Crippen LogP contribution in [0.1, 0.15) is 120 Å². The second-order valence-electron chi connectivity index (χ2n) is 23.7. The van der Waals surface area contributed by atoms with Gasteiger partial charge in [0.1, 0.15) is 41.5 Å². The Morgan fingerprint density at radius 1 is 0.946 bits per heavy atom. The zero-order valence-electron chi connectivity index (χ0n) is 44.3. The highest BCUT2D eigenvalue weighted by molar-refractivity contribution is 7.13. The third-order valence-corrected chi connectivity index (χ3v) is 17.7. The second-order valence-corrected chi connectivity index (χ2v) is 24.5. The van der Waals surface area contributed by atoms with E-state index in [2.05, 4.69) is 32.2 Å². The van der Waals surface area contributed by atoms with Gasteiger partial charge in [-0.05, 0) is 137 Å². The minimum Gasteiger partial charge on any atom is -0.492 e. The van der Waals surface area contributed by atoms with E-state index >= 15 is 13.2 Å². The molecular weight excluding hydrogens is 962 g/mol. The lowest BCUT2D eigenvalue weighted by molar-refractivity contribution is -0.146.